The van der Waals surface area contributed by atoms with Crippen molar-refractivity contribution in [2.24, 2.45) is 0 Å². The van der Waals surface area contributed by atoms with Gasteiger partial charge in [0, 0.05) is 6.61 Å². The Morgan fingerprint density at radius 2 is 2.05 bits per heavy atom. The molecule has 2 fully saturated rings. The smallest absolute Gasteiger partial charge is 0.190 e. The standard InChI is InChI=1S/C13H24O6/c1-4-5-6-16-10-9(8(15)7-14)17-12-11(10)18-13(2,3)19-12/h8-12,14-15H,4-7H2,1-3H3/t8?,9-,10?,11?,12-/m1/s1. The maximum absolute atomic E-state index is 9.80. The number of fused-ring (bicyclic) bond motifs is 1. The summed E-state index contributed by atoms with van der Waals surface area (Å²) >= 11 is 0. The molecule has 0 bridgehead atoms. The summed E-state index contributed by atoms with van der Waals surface area (Å²) in [7, 11) is 0. The third-order valence-corrected chi connectivity index (χ3v) is 3.40. The molecule has 3 unspecified atom stereocenters. The molecule has 2 N–H and O–H groups in total. The topological polar surface area (TPSA) is 77.4 Å². The second-order valence-corrected chi connectivity index (χ2v) is 5.51. The summed E-state index contributed by atoms with van der Waals surface area (Å²) in [6.07, 6.45) is -0.982. The number of rotatable bonds is 6. The van der Waals surface area contributed by atoms with Gasteiger partial charge in [0.2, 0.25) is 0 Å². The highest BCUT2D eigenvalue weighted by molar-refractivity contribution is 4.96. The Hall–Kier alpha value is -0.240. The second-order valence-electron chi connectivity index (χ2n) is 5.51. The van der Waals surface area contributed by atoms with Crippen LogP contribution in [0, 0.1) is 0 Å². The minimum absolute atomic E-state index is 0.363. The van der Waals surface area contributed by atoms with E-state index in [9.17, 15) is 5.11 Å². The van der Waals surface area contributed by atoms with E-state index in [1.807, 2.05) is 13.8 Å². The van der Waals surface area contributed by atoms with E-state index in [0.29, 0.717) is 6.61 Å². The van der Waals surface area contributed by atoms with Gasteiger partial charge in [-0.05, 0) is 20.3 Å². The maximum Gasteiger partial charge on any atom is 0.190 e. The summed E-state index contributed by atoms with van der Waals surface area (Å²) in [5, 5.41) is 18.9. The van der Waals surface area contributed by atoms with E-state index < -0.39 is 30.4 Å². The molecule has 0 radical (unpaired) electrons. The van der Waals surface area contributed by atoms with E-state index in [1.165, 1.54) is 0 Å². The fourth-order valence-electron chi connectivity index (χ4n) is 2.47. The number of hydrogen-bond acceptors (Lipinski definition) is 6. The van der Waals surface area contributed by atoms with Crippen LogP contribution in [0.15, 0.2) is 0 Å². The molecular weight excluding hydrogens is 252 g/mol. The Morgan fingerprint density at radius 1 is 1.32 bits per heavy atom. The number of unbranched alkanes of at least 4 members (excludes halogenated alkanes) is 1. The fraction of sp³-hybridized carbons (Fsp3) is 1.00. The lowest BCUT2D eigenvalue weighted by Crippen LogP contribution is -2.44. The molecule has 0 spiro atoms. The van der Waals surface area contributed by atoms with Gasteiger partial charge >= 0.3 is 0 Å². The van der Waals surface area contributed by atoms with Crippen LogP contribution in [0.2, 0.25) is 0 Å². The van der Waals surface area contributed by atoms with Crippen LogP contribution in [0.25, 0.3) is 0 Å². The Kier molecular flexibility index (Phi) is 4.81. The number of aliphatic hydroxyl groups excluding tert-OH is 2. The molecular formula is C13H24O6. The predicted octanol–water partition coefficient (Wildman–Crippen LogP) is 0.401. The number of hydrogen-bond donors (Lipinski definition) is 2. The van der Waals surface area contributed by atoms with E-state index in [1.54, 1.807) is 0 Å². The monoisotopic (exact) mass is 276 g/mol. The van der Waals surface area contributed by atoms with E-state index in [0.717, 1.165) is 12.8 Å². The molecule has 2 aliphatic rings. The lowest BCUT2D eigenvalue weighted by atomic mass is 10.1. The van der Waals surface area contributed by atoms with Crippen molar-refractivity contribution >= 4 is 0 Å². The van der Waals surface area contributed by atoms with Crippen molar-refractivity contribution in [3.05, 3.63) is 0 Å². The van der Waals surface area contributed by atoms with Crippen LogP contribution in [0.4, 0.5) is 0 Å². The summed E-state index contributed by atoms with van der Waals surface area (Å²) in [6, 6.07) is 0. The van der Waals surface area contributed by atoms with Gasteiger partial charge in [-0.25, -0.2) is 0 Å². The molecule has 0 aliphatic carbocycles. The highest BCUT2D eigenvalue weighted by Gasteiger charge is 2.56. The van der Waals surface area contributed by atoms with Crippen LogP contribution < -0.4 is 0 Å². The van der Waals surface area contributed by atoms with Crippen molar-refractivity contribution in [2.75, 3.05) is 13.2 Å². The summed E-state index contributed by atoms with van der Waals surface area (Å²) in [4.78, 5) is 0. The first kappa shape index (κ1) is 15.2. The zero-order chi connectivity index (χ0) is 14.0. The average Bonchev–Trinajstić information content (AvgIpc) is 2.82. The molecule has 0 aromatic heterocycles. The van der Waals surface area contributed by atoms with Gasteiger partial charge in [-0.2, -0.15) is 0 Å². The van der Waals surface area contributed by atoms with Crippen LogP contribution in [-0.2, 0) is 18.9 Å². The SMILES string of the molecule is CCCCOC1C2OC(C)(C)O[C@H]2O[C@@H]1C(O)CO. The van der Waals surface area contributed by atoms with Crippen molar-refractivity contribution in [1.29, 1.82) is 0 Å². The van der Waals surface area contributed by atoms with Crippen molar-refractivity contribution in [3.63, 3.8) is 0 Å². The molecule has 19 heavy (non-hydrogen) atoms. The first-order chi connectivity index (χ1) is 8.98. The molecule has 2 rings (SSSR count). The van der Waals surface area contributed by atoms with Gasteiger partial charge < -0.3 is 29.2 Å². The van der Waals surface area contributed by atoms with E-state index in [4.69, 9.17) is 24.1 Å². The third kappa shape index (κ3) is 3.26. The van der Waals surface area contributed by atoms with Gasteiger partial charge in [0.1, 0.15) is 24.4 Å². The summed E-state index contributed by atoms with van der Waals surface area (Å²) in [5.41, 5.74) is 0. The van der Waals surface area contributed by atoms with Crippen molar-refractivity contribution in [3.8, 4) is 0 Å². The summed E-state index contributed by atoms with van der Waals surface area (Å²) < 4.78 is 22.8. The van der Waals surface area contributed by atoms with Gasteiger partial charge in [-0.15, -0.1) is 0 Å². The fourth-order valence-corrected chi connectivity index (χ4v) is 2.47. The Bertz CT molecular complexity index is 295. The molecule has 5 atom stereocenters. The van der Waals surface area contributed by atoms with Gasteiger partial charge in [0.15, 0.2) is 12.1 Å². The van der Waals surface area contributed by atoms with Crippen molar-refractivity contribution < 1.29 is 29.2 Å². The zero-order valence-electron chi connectivity index (χ0n) is 11.7. The normalized spacial score (nSPS) is 38.4. The Morgan fingerprint density at radius 3 is 2.68 bits per heavy atom. The maximum atomic E-state index is 9.80. The lowest BCUT2D eigenvalue weighted by molar-refractivity contribution is -0.231. The van der Waals surface area contributed by atoms with Gasteiger partial charge in [-0.3, -0.25) is 0 Å². The number of ether oxygens (including phenoxy) is 4. The molecule has 0 aromatic carbocycles. The molecule has 2 aliphatic heterocycles. The molecule has 0 aromatic rings. The molecule has 6 nitrogen and oxygen atoms in total. The van der Waals surface area contributed by atoms with Crippen molar-refractivity contribution in [2.45, 2.75) is 70.1 Å². The molecule has 2 saturated heterocycles. The Balaban J connectivity index is 2.02. The van der Waals surface area contributed by atoms with E-state index >= 15 is 0 Å². The summed E-state index contributed by atoms with van der Waals surface area (Å²) in [5.74, 6) is -0.711. The quantitative estimate of drug-likeness (QED) is 0.684. The second kappa shape index (κ2) is 6.03. The predicted molar refractivity (Wildman–Crippen MR) is 66.4 cm³/mol. The first-order valence-corrected chi connectivity index (χ1v) is 6.90. The molecule has 0 saturated carbocycles. The van der Waals surface area contributed by atoms with Crippen LogP contribution in [0.1, 0.15) is 33.6 Å². The van der Waals surface area contributed by atoms with E-state index in [2.05, 4.69) is 6.92 Å². The lowest BCUT2D eigenvalue weighted by Gasteiger charge is -2.27. The zero-order valence-corrected chi connectivity index (χ0v) is 11.7. The highest BCUT2D eigenvalue weighted by atomic mass is 16.8. The molecule has 112 valence electrons. The van der Waals surface area contributed by atoms with Gasteiger partial charge in [0.05, 0.1) is 6.61 Å². The van der Waals surface area contributed by atoms with Crippen LogP contribution >= 0.6 is 0 Å². The molecule has 6 heteroatoms. The third-order valence-electron chi connectivity index (χ3n) is 3.40. The van der Waals surface area contributed by atoms with Gasteiger partial charge in [0.25, 0.3) is 0 Å². The minimum atomic E-state index is -0.993. The summed E-state index contributed by atoms with van der Waals surface area (Å²) in [6.45, 7) is 5.91. The largest absolute Gasteiger partial charge is 0.394 e. The van der Waals surface area contributed by atoms with Crippen molar-refractivity contribution in [1.82, 2.24) is 0 Å². The van der Waals surface area contributed by atoms with Gasteiger partial charge in [-0.1, -0.05) is 13.3 Å². The molecule has 2 heterocycles. The van der Waals surface area contributed by atoms with E-state index in [-0.39, 0.29) is 12.7 Å². The molecule has 0 amide bonds. The van der Waals surface area contributed by atoms with Crippen LogP contribution in [-0.4, -0.2) is 59.9 Å². The Labute approximate surface area is 113 Å². The van der Waals surface area contributed by atoms with Crippen LogP contribution in [0.3, 0.4) is 0 Å². The minimum Gasteiger partial charge on any atom is -0.394 e. The first-order valence-electron chi connectivity index (χ1n) is 6.90. The highest BCUT2D eigenvalue weighted by Crippen LogP contribution is 2.39. The number of aliphatic hydroxyl groups is 2. The van der Waals surface area contributed by atoms with Crippen LogP contribution in [0.5, 0.6) is 0 Å². The average molecular weight is 276 g/mol.